The fourth-order valence-corrected chi connectivity index (χ4v) is 3.56. The fraction of sp³-hybridized carbons (Fsp3) is 0.300. The molecule has 1 aromatic carbocycles. The molecular formula is C20H19FN4O2. The molecule has 138 valence electrons. The summed E-state index contributed by atoms with van der Waals surface area (Å²) in [5.41, 5.74) is 2.78. The number of halogens is 1. The Hall–Kier alpha value is -3.09. The molecule has 1 saturated heterocycles. The van der Waals surface area contributed by atoms with E-state index in [0.29, 0.717) is 23.7 Å². The number of aryl methyl sites for hydroxylation is 2. The molecule has 3 heterocycles. The van der Waals surface area contributed by atoms with Crippen LogP contribution in [0.15, 0.2) is 41.1 Å². The Morgan fingerprint density at radius 3 is 2.70 bits per heavy atom. The number of amides is 1. The number of hydrogen-bond acceptors (Lipinski definition) is 5. The largest absolute Gasteiger partial charge is 0.361 e. The number of carbonyl (C=O) groups excluding carboxylic acids is 1. The summed E-state index contributed by atoms with van der Waals surface area (Å²) in [6, 6.07) is 7.34. The maximum Gasteiger partial charge on any atom is 0.254 e. The molecule has 1 fully saturated rings. The standard InChI is InChI=1S/C20H19FN4O2/c1-12-18(13(2)27-24-12)19-22-10-9-16(23-19)17-4-3-11-25(17)20(26)14-5-7-15(21)8-6-14/h5-10,17H,3-4,11H2,1-2H3/t17-/m0/s1. The molecule has 1 aliphatic rings. The molecule has 0 spiro atoms. The lowest BCUT2D eigenvalue weighted by Crippen LogP contribution is -2.31. The quantitative estimate of drug-likeness (QED) is 0.704. The Bertz CT molecular complexity index is 964. The smallest absolute Gasteiger partial charge is 0.254 e. The van der Waals surface area contributed by atoms with E-state index in [1.54, 1.807) is 11.1 Å². The summed E-state index contributed by atoms with van der Waals surface area (Å²) in [6.07, 6.45) is 3.41. The highest BCUT2D eigenvalue weighted by Gasteiger charge is 2.32. The molecule has 6 nitrogen and oxygen atoms in total. The topological polar surface area (TPSA) is 72.1 Å². The van der Waals surface area contributed by atoms with Crippen molar-refractivity contribution in [3.63, 3.8) is 0 Å². The van der Waals surface area contributed by atoms with Crippen LogP contribution in [0.3, 0.4) is 0 Å². The Balaban J connectivity index is 1.65. The van der Waals surface area contributed by atoms with E-state index in [9.17, 15) is 9.18 Å². The maximum atomic E-state index is 13.2. The first-order valence-corrected chi connectivity index (χ1v) is 8.87. The van der Waals surface area contributed by atoms with Gasteiger partial charge in [0.05, 0.1) is 23.0 Å². The van der Waals surface area contributed by atoms with Gasteiger partial charge in [0.15, 0.2) is 5.82 Å². The second-order valence-electron chi connectivity index (χ2n) is 6.67. The zero-order valence-electron chi connectivity index (χ0n) is 15.1. The van der Waals surface area contributed by atoms with Gasteiger partial charge in [-0.1, -0.05) is 5.16 Å². The summed E-state index contributed by atoms with van der Waals surface area (Å²) in [5.74, 6) is 0.736. The van der Waals surface area contributed by atoms with Crippen LogP contribution in [0.4, 0.5) is 4.39 Å². The molecule has 4 rings (SSSR count). The molecule has 0 N–H and O–H groups in total. The van der Waals surface area contributed by atoms with Crippen LogP contribution in [0.25, 0.3) is 11.4 Å². The number of carbonyl (C=O) groups is 1. The minimum Gasteiger partial charge on any atom is -0.361 e. The molecule has 0 unspecified atom stereocenters. The predicted octanol–water partition coefficient (Wildman–Crippen LogP) is 3.86. The highest BCUT2D eigenvalue weighted by molar-refractivity contribution is 5.94. The summed E-state index contributed by atoms with van der Waals surface area (Å²) in [4.78, 5) is 23.7. The molecule has 1 aliphatic heterocycles. The molecule has 0 radical (unpaired) electrons. The number of nitrogens with zero attached hydrogens (tertiary/aromatic N) is 4. The minimum absolute atomic E-state index is 0.116. The van der Waals surface area contributed by atoms with Crippen LogP contribution in [-0.2, 0) is 0 Å². The molecule has 1 atom stereocenters. The van der Waals surface area contributed by atoms with Crippen LogP contribution in [0.1, 0.15) is 46.4 Å². The van der Waals surface area contributed by atoms with E-state index >= 15 is 0 Å². The molecule has 0 saturated carbocycles. The zero-order valence-corrected chi connectivity index (χ0v) is 15.1. The summed E-state index contributed by atoms with van der Waals surface area (Å²) < 4.78 is 18.4. The Kier molecular flexibility index (Phi) is 4.43. The first-order valence-electron chi connectivity index (χ1n) is 8.87. The lowest BCUT2D eigenvalue weighted by Gasteiger charge is -2.24. The first kappa shape index (κ1) is 17.3. The van der Waals surface area contributed by atoms with Gasteiger partial charge in [0.2, 0.25) is 0 Å². The van der Waals surface area contributed by atoms with Gasteiger partial charge in [-0.05, 0) is 57.0 Å². The SMILES string of the molecule is Cc1noc(C)c1-c1nccc([C@@H]2CCCN2C(=O)c2ccc(F)cc2)n1. The summed E-state index contributed by atoms with van der Waals surface area (Å²) in [5, 5.41) is 3.96. The van der Waals surface area contributed by atoms with E-state index in [1.807, 2.05) is 19.9 Å². The van der Waals surface area contributed by atoms with Crippen LogP contribution in [0.2, 0.25) is 0 Å². The average Bonchev–Trinajstić information content (AvgIpc) is 3.29. The highest BCUT2D eigenvalue weighted by Crippen LogP contribution is 2.33. The third kappa shape index (κ3) is 3.20. The number of aromatic nitrogens is 3. The van der Waals surface area contributed by atoms with Crippen molar-refractivity contribution in [3.05, 3.63) is 65.1 Å². The third-order valence-electron chi connectivity index (χ3n) is 4.88. The molecule has 27 heavy (non-hydrogen) atoms. The zero-order chi connectivity index (χ0) is 19.0. The van der Waals surface area contributed by atoms with E-state index in [2.05, 4.69) is 10.1 Å². The van der Waals surface area contributed by atoms with Crippen LogP contribution in [0, 0.1) is 19.7 Å². The van der Waals surface area contributed by atoms with Crippen LogP contribution in [-0.4, -0.2) is 32.5 Å². The number of hydrogen-bond donors (Lipinski definition) is 0. The molecular weight excluding hydrogens is 347 g/mol. The van der Waals surface area contributed by atoms with Gasteiger partial charge in [-0.25, -0.2) is 14.4 Å². The van der Waals surface area contributed by atoms with Crippen molar-refractivity contribution in [3.8, 4) is 11.4 Å². The number of benzene rings is 1. The van der Waals surface area contributed by atoms with Crippen molar-refractivity contribution >= 4 is 5.91 Å². The number of rotatable bonds is 3. The number of likely N-dealkylation sites (tertiary alicyclic amines) is 1. The fourth-order valence-electron chi connectivity index (χ4n) is 3.56. The summed E-state index contributed by atoms with van der Waals surface area (Å²) >= 11 is 0. The van der Waals surface area contributed by atoms with E-state index in [-0.39, 0.29) is 17.8 Å². The lowest BCUT2D eigenvalue weighted by molar-refractivity contribution is 0.0733. The van der Waals surface area contributed by atoms with Crippen molar-refractivity contribution in [2.75, 3.05) is 6.54 Å². The third-order valence-corrected chi connectivity index (χ3v) is 4.88. The van der Waals surface area contributed by atoms with Gasteiger partial charge in [0.1, 0.15) is 11.6 Å². The van der Waals surface area contributed by atoms with E-state index in [0.717, 1.165) is 29.8 Å². The summed E-state index contributed by atoms with van der Waals surface area (Å²) in [7, 11) is 0. The monoisotopic (exact) mass is 366 g/mol. The van der Waals surface area contributed by atoms with Gasteiger partial charge < -0.3 is 9.42 Å². The van der Waals surface area contributed by atoms with Crippen molar-refractivity contribution < 1.29 is 13.7 Å². The van der Waals surface area contributed by atoms with Gasteiger partial charge >= 0.3 is 0 Å². The van der Waals surface area contributed by atoms with Gasteiger partial charge in [-0.3, -0.25) is 4.79 Å². The highest BCUT2D eigenvalue weighted by atomic mass is 19.1. The van der Waals surface area contributed by atoms with Gasteiger partial charge in [-0.15, -0.1) is 0 Å². The van der Waals surface area contributed by atoms with Gasteiger partial charge in [-0.2, -0.15) is 0 Å². The molecule has 7 heteroatoms. The Morgan fingerprint density at radius 1 is 1.22 bits per heavy atom. The second kappa shape index (κ2) is 6.90. The lowest BCUT2D eigenvalue weighted by atomic mass is 10.1. The Labute approximate surface area is 156 Å². The van der Waals surface area contributed by atoms with Gasteiger partial charge in [0, 0.05) is 18.3 Å². The second-order valence-corrected chi connectivity index (χ2v) is 6.67. The van der Waals surface area contributed by atoms with E-state index < -0.39 is 0 Å². The van der Waals surface area contributed by atoms with Crippen molar-refractivity contribution in [1.82, 2.24) is 20.0 Å². The maximum absolute atomic E-state index is 13.2. The average molecular weight is 366 g/mol. The molecule has 1 amide bonds. The minimum atomic E-state index is -0.357. The Morgan fingerprint density at radius 2 is 2.00 bits per heavy atom. The molecule has 2 aromatic heterocycles. The molecule has 3 aromatic rings. The van der Waals surface area contributed by atoms with Crippen molar-refractivity contribution in [2.24, 2.45) is 0 Å². The van der Waals surface area contributed by atoms with Crippen LogP contribution < -0.4 is 0 Å². The van der Waals surface area contributed by atoms with E-state index in [4.69, 9.17) is 9.51 Å². The van der Waals surface area contributed by atoms with Crippen molar-refractivity contribution in [1.29, 1.82) is 0 Å². The normalized spacial score (nSPS) is 16.7. The molecule has 0 bridgehead atoms. The van der Waals surface area contributed by atoms with Crippen LogP contribution >= 0.6 is 0 Å². The van der Waals surface area contributed by atoms with Crippen LogP contribution in [0.5, 0.6) is 0 Å². The predicted molar refractivity (Wildman–Crippen MR) is 96.4 cm³/mol. The van der Waals surface area contributed by atoms with E-state index in [1.165, 1.54) is 24.3 Å². The molecule has 0 aliphatic carbocycles. The first-order chi connectivity index (χ1) is 13.0. The summed E-state index contributed by atoms with van der Waals surface area (Å²) in [6.45, 7) is 4.32. The van der Waals surface area contributed by atoms with Crippen molar-refractivity contribution in [2.45, 2.75) is 32.7 Å². The van der Waals surface area contributed by atoms with Gasteiger partial charge in [0.25, 0.3) is 5.91 Å².